The Morgan fingerprint density at radius 3 is 2.87 bits per heavy atom. The molecule has 162 valence electrons. The van der Waals surface area contributed by atoms with E-state index < -0.39 is 6.10 Å². The molecule has 3 heterocycles. The molecule has 2 aliphatic rings. The molecule has 6 nitrogen and oxygen atoms in total. The number of H-pyrrole nitrogens is 1. The molecule has 0 unspecified atom stereocenters. The molecule has 1 saturated heterocycles. The predicted molar refractivity (Wildman–Crippen MR) is 120 cm³/mol. The fraction of sp³-hybridized carbons (Fsp3) is 0.375. The Labute approximate surface area is 185 Å². The Kier molecular flexibility index (Phi) is 5.38. The van der Waals surface area contributed by atoms with Gasteiger partial charge in [0.15, 0.2) is 0 Å². The Morgan fingerprint density at radius 2 is 2.03 bits per heavy atom. The Bertz CT molecular complexity index is 1150. The summed E-state index contributed by atoms with van der Waals surface area (Å²) >= 11 is 6.12. The quantitative estimate of drug-likeness (QED) is 0.636. The van der Waals surface area contributed by atoms with Crippen molar-refractivity contribution in [2.45, 2.75) is 31.0 Å². The van der Waals surface area contributed by atoms with E-state index in [0.717, 1.165) is 48.5 Å². The molecule has 3 aromatic rings. The summed E-state index contributed by atoms with van der Waals surface area (Å²) < 4.78 is 12.1. The number of aromatic nitrogens is 1. The molecule has 0 bridgehead atoms. The van der Waals surface area contributed by atoms with Gasteiger partial charge in [-0.1, -0.05) is 23.7 Å². The first-order valence-electron chi connectivity index (χ1n) is 10.6. The van der Waals surface area contributed by atoms with Crippen molar-refractivity contribution in [2.24, 2.45) is 0 Å². The average Bonchev–Trinajstić information content (AvgIpc) is 3.11. The molecule has 5 rings (SSSR count). The average molecular weight is 441 g/mol. The summed E-state index contributed by atoms with van der Waals surface area (Å²) in [5, 5.41) is 12.2. The van der Waals surface area contributed by atoms with Gasteiger partial charge in [-0.2, -0.15) is 0 Å². The van der Waals surface area contributed by atoms with Crippen LogP contribution in [0.4, 0.5) is 0 Å². The van der Waals surface area contributed by atoms with Crippen molar-refractivity contribution in [1.29, 1.82) is 0 Å². The second-order valence-corrected chi connectivity index (χ2v) is 8.96. The van der Waals surface area contributed by atoms with E-state index in [1.807, 2.05) is 30.3 Å². The van der Waals surface area contributed by atoms with Gasteiger partial charge in [0, 0.05) is 55.4 Å². The van der Waals surface area contributed by atoms with E-state index in [1.54, 1.807) is 12.1 Å². The van der Waals surface area contributed by atoms with Gasteiger partial charge < -0.3 is 24.5 Å². The molecule has 2 N–H and O–H groups in total. The van der Waals surface area contributed by atoms with Crippen molar-refractivity contribution in [3.63, 3.8) is 0 Å². The van der Waals surface area contributed by atoms with Crippen LogP contribution in [0.2, 0.25) is 5.02 Å². The zero-order chi connectivity index (χ0) is 21.4. The summed E-state index contributed by atoms with van der Waals surface area (Å²) in [6.07, 6.45) is 2.09. The van der Waals surface area contributed by atoms with Crippen LogP contribution in [0.15, 0.2) is 53.3 Å². The molecule has 0 aliphatic carbocycles. The maximum atomic E-state index is 11.6. The molecule has 31 heavy (non-hydrogen) atoms. The van der Waals surface area contributed by atoms with E-state index in [9.17, 15) is 9.90 Å². The fourth-order valence-corrected chi connectivity index (χ4v) is 4.83. The number of aliphatic hydroxyl groups excluding tert-OH is 1. The molecule has 1 spiro atoms. The SMILES string of the molecule is O=c1ccc2cccc(OC[C@H](O)CN3CCC4(CC3)Cc3cc(Cl)ccc3O4)c2[nH]1. The number of hydrogen-bond donors (Lipinski definition) is 2. The minimum Gasteiger partial charge on any atom is -0.489 e. The lowest BCUT2D eigenvalue weighted by molar-refractivity contribution is -0.00187. The van der Waals surface area contributed by atoms with Gasteiger partial charge in [0.2, 0.25) is 5.56 Å². The number of para-hydroxylation sites is 1. The summed E-state index contributed by atoms with van der Waals surface area (Å²) in [6, 6.07) is 14.7. The first kappa shape index (κ1) is 20.4. The van der Waals surface area contributed by atoms with Gasteiger partial charge in [0.05, 0.1) is 5.52 Å². The Morgan fingerprint density at radius 1 is 1.19 bits per heavy atom. The van der Waals surface area contributed by atoms with E-state index >= 15 is 0 Å². The van der Waals surface area contributed by atoms with E-state index in [4.69, 9.17) is 21.1 Å². The number of β-amino-alcohol motifs (C(OH)–C–C–N with tert-alkyl or cyclic N) is 1. The van der Waals surface area contributed by atoms with Gasteiger partial charge >= 0.3 is 0 Å². The van der Waals surface area contributed by atoms with Crippen LogP contribution in [-0.4, -0.2) is 52.9 Å². The van der Waals surface area contributed by atoms with Gasteiger partial charge in [-0.15, -0.1) is 0 Å². The number of ether oxygens (including phenoxy) is 2. The third-order valence-electron chi connectivity index (χ3n) is 6.25. The van der Waals surface area contributed by atoms with Crippen LogP contribution >= 0.6 is 11.6 Å². The molecule has 1 atom stereocenters. The zero-order valence-electron chi connectivity index (χ0n) is 17.1. The van der Waals surface area contributed by atoms with Crippen molar-refractivity contribution >= 4 is 22.5 Å². The third-order valence-corrected chi connectivity index (χ3v) is 6.49. The number of fused-ring (bicyclic) bond motifs is 2. The molecule has 1 aromatic heterocycles. The Hall–Kier alpha value is -2.54. The summed E-state index contributed by atoms with van der Waals surface area (Å²) in [4.78, 5) is 16.7. The number of likely N-dealkylation sites (tertiary alicyclic amines) is 1. The van der Waals surface area contributed by atoms with Crippen molar-refractivity contribution in [2.75, 3.05) is 26.2 Å². The number of aromatic amines is 1. The molecule has 7 heteroatoms. The maximum Gasteiger partial charge on any atom is 0.248 e. The highest BCUT2D eigenvalue weighted by Crippen LogP contribution is 2.41. The van der Waals surface area contributed by atoms with Crippen molar-refractivity contribution in [3.8, 4) is 11.5 Å². The normalized spacial score (nSPS) is 18.6. The van der Waals surface area contributed by atoms with E-state index in [0.29, 0.717) is 17.8 Å². The van der Waals surface area contributed by atoms with Gasteiger partial charge in [0.1, 0.15) is 29.8 Å². The summed E-state index contributed by atoms with van der Waals surface area (Å²) in [6.45, 7) is 2.43. The monoisotopic (exact) mass is 440 g/mol. The summed E-state index contributed by atoms with van der Waals surface area (Å²) in [5.74, 6) is 1.52. The summed E-state index contributed by atoms with van der Waals surface area (Å²) in [7, 11) is 0. The second kappa shape index (κ2) is 8.19. The molecule has 1 fully saturated rings. The molecule has 2 aromatic carbocycles. The van der Waals surface area contributed by atoms with Gasteiger partial charge in [-0.3, -0.25) is 4.79 Å². The van der Waals surface area contributed by atoms with Crippen LogP contribution in [-0.2, 0) is 6.42 Å². The first-order valence-corrected chi connectivity index (χ1v) is 11.0. The number of rotatable bonds is 5. The first-order chi connectivity index (χ1) is 15.0. The van der Waals surface area contributed by atoms with Crippen LogP contribution < -0.4 is 15.0 Å². The zero-order valence-corrected chi connectivity index (χ0v) is 17.9. The Balaban J connectivity index is 1.15. The van der Waals surface area contributed by atoms with E-state index in [2.05, 4.69) is 9.88 Å². The number of piperidine rings is 1. The molecular weight excluding hydrogens is 416 g/mol. The number of halogens is 1. The maximum absolute atomic E-state index is 11.6. The highest BCUT2D eigenvalue weighted by atomic mass is 35.5. The van der Waals surface area contributed by atoms with Crippen molar-refractivity contribution in [3.05, 3.63) is 69.5 Å². The summed E-state index contributed by atoms with van der Waals surface area (Å²) in [5.41, 5.74) is 1.51. The number of pyridine rings is 1. The lowest BCUT2D eigenvalue weighted by Gasteiger charge is -2.39. The van der Waals surface area contributed by atoms with Crippen LogP contribution in [0.5, 0.6) is 11.5 Å². The number of benzene rings is 2. The number of nitrogens with one attached hydrogen (secondary N) is 1. The van der Waals surface area contributed by atoms with E-state index in [-0.39, 0.29) is 17.8 Å². The fourth-order valence-electron chi connectivity index (χ4n) is 4.63. The van der Waals surface area contributed by atoms with E-state index in [1.165, 1.54) is 11.6 Å². The van der Waals surface area contributed by atoms with Crippen molar-refractivity contribution < 1.29 is 14.6 Å². The number of nitrogens with zero attached hydrogens (tertiary/aromatic N) is 1. The molecule has 0 saturated carbocycles. The van der Waals surface area contributed by atoms with Gasteiger partial charge in [-0.25, -0.2) is 0 Å². The van der Waals surface area contributed by atoms with Crippen LogP contribution in [0.1, 0.15) is 18.4 Å². The van der Waals surface area contributed by atoms with Crippen LogP contribution in [0, 0.1) is 0 Å². The number of hydrogen-bond acceptors (Lipinski definition) is 5. The molecular formula is C24H25ClN2O4. The second-order valence-electron chi connectivity index (χ2n) is 8.52. The smallest absolute Gasteiger partial charge is 0.248 e. The predicted octanol–water partition coefficient (Wildman–Crippen LogP) is 3.39. The number of aliphatic hydroxyl groups is 1. The minimum absolute atomic E-state index is 0.153. The minimum atomic E-state index is -0.625. The topological polar surface area (TPSA) is 74.8 Å². The standard InChI is InChI=1S/C24H25ClN2O4/c25-18-5-6-20-17(12-18)13-24(31-20)8-10-27(11-9-24)14-19(28)15-30-21-3-1-2-16-4-7-22(29)26-23(16)21/h1-7,12,19,28H,8-11,13-15H2,(H,26,29)/t19-/m1/s1. The van der Waals surface area contributed by atoms with Gasteiger partial charge in [-0.05, 0) is 35.9 Å². The lowest BCUT2D eigenvalue weighted by atomic mass is 9.87. The highest BCUT2D eigenvalue weighted by Gasteiger charge is 2.42. The molecule has 0 radical (unpaired) electrons. The largest absolute Gasteiger partial charge is 0.489 e. The van der Waals surface area contributed by atoms with Gasteiger partial charge in [0.25, 0.3) is 0 Å². The third kappa shape index (κ3) is 4.28. The van der Waals surface area contributed by atoms with Crippen LogP contribution in [0.3, 0.4) is 0 Å². The van der Waals surface area contributed by atoms with Crippen molar-refractivity contribution in [1.82, 2.24) is 9.88 Å². The highest BCUT2D eigenvalue weighted by molar-refractivity contribution is 6.30. The van der Waals surface area contributed by atoms with Crippen LogP contribution in [0.25, 0.3) is 10.9 Å². The lowest BCUT2D eigenvalue weighted by Crippen LogP contribution is -2.49. The molecule has 2 aliphatic heterocycles. The molecule has 0 amide bonds.